The van der Waals surface area contributed by atoms with E-state index in [0.29, 0.717) is 22.3 Å². The van der Waals surface area contributed by atoms with Crippen LogP contribution in [0.5, 0.6) is 0 Å². The Balaban J connectivity index is 0.000000269. The van der Waals surface area contributed by atoms with E-state index in [-0.39, 0.29) is 11.1 Å². The highest BCUT2D eigenvalue weighted by Crippen LogP contribution is 2.24. The van der Waals surface area contributed by atoms with E-state index in [9.17, 15) is 14.0 Å². The summed E-state index contributed by atoms with van der Waals surface area (Å²) in [6.07, 6.45) is 4.12. The SMILES string of the molecule is CCNc1c(F)cc2c(=O)n(N)c(=O)[nH]c2c1C.CCc1ncco1. The van der Waals surface area contributed by atoms with Crippen LogP contribution in [0.15, 0.2) is 32.5 Å². The maximum Gasteiger partial charge on any atom is 0.347 e. The number of nitrogens with zero attached hydrogens (tertiary/aromatic N) is 2. The molecular weight excluding hydrogens is 329 g/mol. The summed E-state index contributed by atoms with van der Waals surface area (Å²) in [6.45, 7) is 5.98. The van der Waals surface area contributed by atoms with E-state index < -0.39 is 17.1 Å². The van der Waals surface area contributed by atoms with Crippen molar-refractivity contribution in [1.29, 1.82) is 0 Å². The van der Waals surface area contributed by atoms with Gasteiger partial charge in [0.25, 0.3) is 5.56 Å². The van der Waals surface area contributed by atoms with Gasteiger partial charge in [0, 0.05) is 13.0 Å². The van der Waals surface area contributed by atoms with Gasteiger partial charge in [0.2, 0.25) is 0 Å². The van der Waals surface area contributed by atoms with Gasteiger partial charge >= 0.3 is 5.69 Å². The van der Waals surface area contributed by atoms with Crippen molar-refractivity contribution in [3.8, 4) is 0 Å². The van der Waals surface area contributed by atoms with Crippen LogP contribution in [0.4, 0.5) is 10.1 Å². The molecule has 0 amide bonds. The Hall–Kier alpha value is -3.10. The minimum absolute atomic E-state index is 0.0498. The van der Waals surface area contributed by atoms with Crippen molar-refractivity contribution in [3.63, 3.8) is 0 Å². The van der Waals surface area contributed by atoms with Crippen LogP contribution < -0.4 is 22.4 Å². The lowest BCUT2D eigenvalue weighted by atomic mass is 10.1. The van der Waals surface area contributed by atoms with E-state index in [2.05, 4.69) is 15.3 Å². The number of aromatic nitrogens is 3. The minimum Gasteiger partial charge on any atom is -0.449 e. The Kier molecular flexibility index (Phi) is 5.58. The van der Waals surface area contributed by atoms with Crippen LogP contribution in [0, 0.1) is 12.7 Å². The number of rotatable bonds is 3. The van der Waals surface area contributed by atoms with Crippen molar-refractivity contribution >= 4 is 16.6 Å². The van der Waals surface area contributed by atoms with Crippen LogP contribution in [-0.4, -0.2) is 21.2 Å². The van der Waals surface area contributed by atoms with Crippen LogP contribution in [0.1, 0.15) is 25.3 Å². The number of fused-ring (bicyclic) bond motifs is 1. The molecule has 1 aromatic carbocycles. The molecule has 134 valence electrons. The summed E-state index contributed by atoms with van der Waals surface area (Å²) < 4.78 is 19.1. The topological polar surface area (TPSA) is 119 Å². The van der Waals surface area contributed by atoms with Crippen molar-refractivity contribution in [3.05, 3.63) is 56.6 Å². The Labute approximate surface area is 142 Å². The predicted octanol–water partition coefficient (Wildman–Crippen LogP) is 1.52. The third kappa shape index (κ3) is 3.70. The maximum atomic E-state index is 13.8. The molecule has 0 bridgehead atoms. The van der Waals surface area contributed by atoms with Gasteiger partial charge in [0.1, 0.15) is 12.1 Å². The Morgan fingerprint density at radius 1 is 1.40 bits per heavy atom. The number of nitrogen functional groups attached to an aromatic ring is 1. The van der Waals surface area contributed by atoms with Gasteiger partial charge in [-0.2, -0.15) is 4.68 Å². The molecule has 0 fully saturated rings. The van der Waals surface area contributed by atoms with Gasteiger partial charge in [-0.15, -0.1) is 0 Å². The highest BCUT2D eigenvalue weighted by molar-refractivity contribution is 5.86. The summed E-state index contributed by atoms with van der Waals surface area (Å²) in [5.74, 6) is 5.52. The van der Waals surface area contributed by atoms with Gasteiger partial charge in [-0.25, -0.2) is 14.2 Å². The summed E-state index contributed by atoms with van der Waals surface area (Å²) in [4.78, 5) is 29.5. The molecule has 0 aliphatic heterocycles. The third-order valence-electron chi connectivity index (χ3n) is 3.57. The number of nitrogens with two attached hydrogens (primary N) is 1. The Bertz CT molecular complexity index is 976. The van der Waals surface area contributed by atoms with Crippen molar-refractivity contribution in [1.82, 2.24) is 14.6 Å². The van der Waals surface area contributed by atoms with Crippen LogP contribution in [-0.2, 0) is 6.42 Å². The fraction of sp³-hybridized carbons (Fsp3) is 0.312. The van der Waals surface area contributed by atoms with Gasteiger partial charge in [0.15, 0.2) is 5.89 Å². The predicted molar refractivity (Wildman–Crippen MR) is 93.7 cm³/mol. The van der Waals surface area contributed by atoms with Crippen LogP contribution in [0.25, 0.3) is 10.9 Å². The second-order valence-corrected chi connectivity index (χ2v) is 5.20. The lowest BCUT2D eigenvalue weighted by Crippen LogP contribution is -2.40. The first-order valence-electron chi connectivity index (χ1n) is 7.76. The van der Waals surface area contributed by atoms with E-state index in [1.807, 2.05) is 13.8 Å². The number of halogens is 1. The first-order chi connectivity index (χ1) is 11.9. The molecule has 2 aromatic heterocycles. The molecule has 3 aromatic rings. The third-order valence-corrected chi connectivity index (χ3v) is 3.57. The number of H-pyrrole nitrogens is 1. The summed E-state index contributed by atoms with van der Waals surface area (Å²) in [6, 6.07) is 1.07. The number of benzene rings is 1. The lowest BCUT2D eigenvalue weighted by Gasteiger charge is -2.11. The molecular formula is C16H20FN5O3. The number of oxazole rings is 1. The first kappa shape index (κ1) is 18.2. The van der Waals surface area contributed by atoms with Crippen LogP contribution in [0.2, 0.25) is 0 Å². The van der Waals surface area contributed by atoms with Crippen LogP contribution in [0.3, 0.4) is 0 Å². The smallest absolute Gasteiger partial charge is 0.347 e. The van der Waals surface area contributed by atoms with Crippen molar-refractivity contribution in [2.45, 2.75) is 27.2 Å². The monoisotopic (exact) mass is 349 g/mol. The summed E-state index contributed by atoms with van der Waals surface area (Å²) in [7, 11) is 0. The first-order valence-corrected chi connectivity index (χ1v) is 7.76. The zero-order valence-electron chi connectivity index (χ0n) is 14.2. The quantitative estimate of drug-likeness (QED) is 0.617. The molecule has 0 saturated heterocycles. The largest absolute Gasteiger partial charge is 0.449 e. The molecule has 0 aliphatic rings. The number of anilines is 1. The fourth-order valence-electron chi connectivity index (χ4n) is 2.32. The molecule has 0 atom stereocenters. The average Bonchev–Trinajstić information content (AvgIpc) is 3.12. The van der Waals surface area contributed by atoms with E-state index in [1.54, 1.807) is 19.4 Å². The molecule has 4 N–H and O–H groups in total. The fourth-order valence-corrected chi connectivity index (χ4v) is 2.32. The van der Waals surface area contributed by atoms with Gasteiger partial charge in [-0.3, -0.25) is 4.79 Å². The Morgan fingerprint density at radius 2 is 2.12 bits per heavy atom. The van der Waals surface area contributed by atoms with E-state index in [4.69, 9.17) is 10.3 Å². The number of aryl methyl sites for hydroxylation is 2. The molecule has 0 aliphatic carbocycles. The molecule has 3 rings (SSSR count). The second-order valence-electron chi connectivity index (χ2n) is 5.20. The van der Waals surface area contributed by atoms with Crippen molar-refractivity contribution in [2.24, 2.45) is 0 Å². The highest BCUT2D eigenvalue weighted by Gasteiger charge is 2.14. The lowest BCUT2D eigenvalue weighted by molar-refractivity contribution is 0.501. The van der Waals surface area contributed by atoms with Gasteiger partial charge in [0.05, 0.1) is 22.8 Å². The average molecular weight is 349 g/mol. The second kappa shape index (κ2) is 7.65. The normalized spacial score (nSPS) is 10.4. The summed E-state index contributed by atoms with van der Waals surface area (Å²) in [5, 5.41) is 2.90. The zero-order valence-corrected chi connectivity index (χ0v) is 14.2. The molecule has 0 spiro atoms. The van der Waals surface area contributed by atoms with Gasteiger partial charge < -0.3 is 20.6 Å². The minimum atomic E-state index is -0.732. The highest BCUT2D eigenvalue weighted by atomic mass is 19.1. The van der Waals surface area contributed by atoms with Crippen molar-refractivity contribution < 1.29 is 8.81 Å². The molecule has 25 heavy (non-hydrogen) atoms. The van der Waals surface area contributed by atoms with Crippen molar-refractivity contribution in [2.75, 3.05) is 17.7 Å². The van der Waals surface area contributed by atoms with Gasteiger partial charge in [-0.05, 0) is 25.5 Å². The van der Waals surface area contributed by atoms with E-state index in [0.717, 1.165) is 18.4 Å². The molecule has 9 heteroatoms. The number of nitrogens with one attached hydrogen (secondary N) is 2. The Morgan fingerprint density at radius 3 is 2.64 bits per heavy atom. The molecule has 2 heterocycles. The number of hydrogen-bond acceptors (Lipinski definition) is 6. The van der Waals surface area contributed by atoms with Crippen LogP contribution >= 0.6 is 0 Å². The standard InChI is InChI=1S/C11H13FN4O2.C5H7NO/c1-3-14-9-5(2)8-6(4-7(9)12)10(17)16(13)11(18)15-8;1-2-5-6-3-4-7-5/h4,14H,3,13H2,1-2H3,(H,15,18);3-4H,2H2,1H3. The maximum absolute atomic E-state index is 13.8. The number of hydrogen-bond donors (Lipinski definition) is 3. The zero-order chi connectivity index (χ0) is 18.6. The van der Waals surface area contributed by atoms with E-state index in [1.165, 1.54) is 0 Å². The summed E-state index contributed by atoms with van der Waals surface area (Å²) >= 11 is 0. The molecule has 0 saturated carbocycles. The molecule has 0 unspecified atom stereocenters. The number of aromatic amines is 1. The molecule has 8 nitrogen and oxygen atoms in total. The van der Waals surface area contributed by atoms with Gasteiger partial charge in [-0.1, -0.05) is 6.92 Å². The summed E-state index contributed by atoms with van der Waals surface area (Å²) in [5.41, 5.74) is -0.413. The molecule has 0 radical (unpaired) electrons. The van der Waals surface area contributed by atoms with E-state index >= 15 is 0 Å².